The van der Waals surface area contributed by atoms with Crippen molar-refractivity contribution >= 4 is 78.9 Å². The Morgan fingerprint density at radius 1 is 0.380 bits per heavy atom. The Bertz CT molecular complexity index is 4520. The highest BCUT2D eigenvalue weighted by atomic mass is 79.9. The predicted molar refractivity (Wildman–Crippen MR) is 573 cm³/mol. The molecule has 0 saturated carbocycles. The first-order valence-corrected chi connectivity index (χ1v) is 51.8. The minimum atomic E-state index is -1.28. The number of halogens is 2. The molecule has 6 rings (SSSR count). The van der Waals surface area contributed by atoms with E-state index in [1.165, 1.54) is 0 Å². The summed E-state index contributed by atoms with van der Waals surface area (Å²) < 4.78 is 144. The molecule has 0 radical (unpaired) electrons. The van der Waals surface area contributed by atoms with E-state index in [-0.39, 0.29) is 68.3 Å². The highest BCUT2D eigenvalue weighted by Crippen LogP contribution is 2.34. The van der Waals surface area contributed by atoms with Crippen molar-refractivity contribution in [2.45, 2.75) is 261 Å². The fourth-order valence-corrected chi connectivity index (χ4v) is 13.1. The summed E-state index contributed by atoms with van der Waals surface area (Å²) in [6, 6.07) is 11.5. The smallest absolute Gasteiger partial charge is 0.407 e. The molecule has 0 aliphatic heterocycles. The molecule has 0 fully saturated rings. The second kappa shape index (κ2) is 75.6. The highest BCUT2D eigenvalue weighted by Gasteiger charge is 2.28. The van der Waals surface area contributed by atoms with Gasteiger partial charge in [0.15, 0.2) is 34.5 Å². The zero-order chi connectivity index (χ0) is 107. The van der Waals surface area contributed by atoms with Gasteiger partial charge in [0.25, 0.3) is 35.3 Å². The number of hydrogen-bond donors (Lipinski definition) is 4. The average molecular weight is 2150 g/mol. The molecule has 0 spiro atoms. The van der Waals surface area contributed by atoms with Gasteiger partial charge in [0.1, 0.15) is 22.4 Å². The molecule has 142 heavy (non-hydrogen) atoms. The molecule has 0 aliphatic rings. The minimum absolute atomic E-state index is 0. The normalized spacial score (nSPS) is 12.7. The van der Waals surface area contributed by atoms with Gasteiger partial charge in [-0.3, -0.25) is 9.93 Å². The average Bonchev–Trinajstić information content (AvgIpc) is 0.837. The van der Waals surface area contributed by atoms with Gasteiger partial charge in [-0.05, 0) is 200 Å². The van der Waals surface area contributed by atoms with Gasteiger partial charge in [0, 0.05) is 211 Å². The Hall–Kier alpha value is -8.03. The summed E-state index contributed by atoms with van der Waals surface area (Å²) in [6.07, 6.45) is 17.8. The number of pyridine rings is 6. The maximum absolute atomic E-state index is 12.5. The molecule has 1 amide bonds. The fourth-order valence-electron chi connectivity index (χ4n) is 11.0. The summed E-state index contributed by atoms with van der Waals surface area (Å²) in [5.41, 5.74) is 11.3. The summed E-state index contributed by atoms with van der Waals surface area (Å²) in [5, 5.41) is 7.99. The monoisotopic (exact) mass is 2150 g/mol. The lowest BCUT2D eigenvalue weighted by atomic mass is 9.97. The predicted octanol–water partition coefficient (Wildman–Crippen LogP) is 17.7. The van der Waals surface area contributed by atoms with Gasteiger partial charge < -0.3 is 101 Å². The van der Waals surface area contributed by atoms with Crippen LogP contribution >= 0.6 is 28.3 Å². The Balaban J connectivity index is 0. The van der Waals surface area contributed by atoms with Crippen LogP contribution in [0.25, 0.3) is 0 Å². The van der Waals surface area contributed by atoms with Gasteiger partial charge in [0.05, 0.1) is 119 Å². The largest absolute Gasteiger partial charge is 0.488 e. The first-order valence-electron chi connectivity index (χ1n) is 47.6. The zero-order valence-electron chi connectivity index (χ0n) is 91.4. The van der Waals surface area contributed by atoms with Crippen LogP contribution in [0.2, 0.25) is 0 Å². The summed E-state index contributed by atoms with van der Waals surface area (Å²) in [5.74, 6) is 7.86. The van der Waals surface area contributed by atoms with E-state index in [9.17, 15) is 22.2 Å². The fraction of sp³-hybridized carbons (Fsp3) is 0.676. The number of methoxy groups -OCH3 is 12. The van der Waals surface area contributed by atoms with Crippen LogP contribution in [0, 0.1) is 29.6 Å². The van der Waals surface area contributed by atoms with Crippen molar-refractivity contribution in [2.75, 3.05) is 165 Å². The summed E-state index contributed by atoms with van der Waals surface area (Å²) in [7, 11) is 15.8. The molecule has 0 aliphatic carbocycles. The van der Waals surface area contributed by atoms with Crippen LogP contribution in [0.5, 0.6) is 69.8 Å². The van der Waals surface area contributed by atoms with Crippen molar-refractivity contribution in [2.24, 2.45) is 44.9 Å². The maximum Gasteiger partial charge on any atom is 0.407 e. The number of nitrogens with one attached hydrogen (secondary N) is 2. The molecule has 0 saturated heterocycles. The Kier molecular flexibility index (Phi) is 72.5. The first-order chi connectivity index (χ1) is 66.4. The highest BCUT2D eigenvalue weighted by molar-refractivity contribution is 9.10. The van der Waals surface area contributed by atoms with Crippen LogP contribution < -0.4 is 77.8 Å². The lowest BCUT2D eigenvalue weighted by molar-refractivity contribution is -0.121. The molecule has 40 heteroatoms. The quantitative estimate of drug-likeness (QED) is 0.0203. The number of alkyl carbamates (subject to hydrolysis) is 1. The zero-order valence-corrected chi connectivity index (χ0v) is 96.3. The standard InChI is InChI=1S/C20H34N2O5.C19H34N2O4S.C19H32N2O4S.C15H26N2O3.C15H23NO4.C10H14BrNO3.C4H11NOS.ClH/c1-14(2)16(22-19(23)27-20(3,4)5)11-15-12-17(18(25-7)21-13-15)26-10-8-9-24-6;2*1-14(2)16(21-26(22)19(3,4)5)11-15-12-17(18(24-7)20-13-15)25-10-8-9-23-6;1-11(2)13(16)8-12-9-14(15(19-4)17-10-12)20-7-5-6-18-3;1-11(2)13(17)8-12-9-14(15(19-4)16-10-12)20-7-5-6-18-3;1-13-4-3-5-15-9-6-8(11)7-12-10(9)14-2;1-4(2,3)7(5)6;/h12-14,16H,8-11H2,1-7H3,(H,22,23);12-14,16,21H,8-11H2,1-7H3;12-14H,8-11H2,1-7H3;9-11,13H,5-8,16H2,1-4H3;9-11H,5-8H2,1-4H3;6-7H,3-5H2,1-2H3;5H2,1-3H3;1H/t16-;16-,26-;26-;13-;;;7-;/m0000..0./s1. The molecule has 0 unspecified atom stereocenters. The second-order valence-corrected chi connectivity index (χ2v) is 44.6. The van der Waals surface area contributed by atoms with E-state index >= 15 is 0 Å². The van der Waals surface area contributed by atoms with Crippen molar-refractivity contribution in [3.05, 3.63) is 106 Å². The van der Waals surface area contributed by atoms with Crippen molar-refractivity contribution in [1.29, 1.82) is 0 Å². The maximum atomic E-state index is 12.5. The Labute approximate surface area is 871 Å². The number of rotatable bonds is 55. The third kappa shape index (κ3) is 60.8. The number of carbonyl (C=O) groups is 2. The summed E-state index contributed by atoms with van der Waals surface area (Å²) in [4.78, 5) is 49.4. The minimum Gasteiger partial charge on any atom is -0.488 e. The number of nitrogens with zero attached hydrogens (tertiary/aromatic N) is 7. The van der Waals surface area contributed by atoms with Gasteiger partial charge >= 0.3 is 6.09 Å². The van der Waals surface area contributed by atoms with Crippen molar-refractivity contribution < 1.29 is 112 Å². The van der Waals surface area contributed by atoms with Crippen LogP contribution in [-0.4, -0.2) is 263 Å². The van der Waals surface area contributed by atoms with E-state index in [0.29, 0.717) is 187 Å². The number of hydrogen-bond acceptors (Lipinski definition) is 31. The molecule has 6 aromatic rings. The van der Waals surface area contributed by atoms with Crippen LogP contribution in [0.1, 0.15) is 219 Å². The molecule has 6 aromatic heterocycles. The van der Waals surface area contributed by atoms with Gasteiger partial charge in [-0.15, -0.1) is 12.4 Å². The van der Waals surface area contributed by atoms with E-state index in [4.69, 9.17) is 101 Å². The number of ether oxygens (including phenoxy) is 19. The number of carbonyl (C=O) groups excluding carboxylic acids is 2. The molecule has 35 nitrogen and oxygen atoms in total. The van der Waals surface area contributed by atoms with E-state index in [1.807, 2.05) is 133 Å². The lowest BCUT2D eigenvalue weighted by Crippen LogP contribution is -2.43. The van der Waals surface area contributed by atoms with E-state index in [0.717, 1.165) is 82.9 Å². The van der Waals surface area contributed by atoms with Crippen LogP contribution in [0.3, 0.4) is 0 Å². The molecule has 6 heterocycles. The number of amides is 1. The van der Waals surface area contributed by atoms with E-state index < -0.39 is 44.7 Å². The third-order valence-corrected chi connectivity index (χ3v) is 24.3. The lowest BCUT2D eigenvalue weighted by Gasteiger charge is -2.27. The van der Waals surface area contributed by atoms with Gasteiger partial charge in [0.2, 0.25) is 0 Å². The molecule has 6 N–H and O–H groups in total. The van der Waals surface area contributed by atoms with Crippen molar-refractivity contribution in [1.82, 2.24) is 39.9 Å². The molecular formula is C102H175BrClN11O24S3. The Morgan fingerprint density at radius 2 is 0.662 bits per heavy atom. The summed E-state index contributed by atoms with van der Waals surface area (Å²) in [6.45, 7) is 50.3. The first kappa shape index (κ1) is 136. The Morgan fingerprint density at radius 3 is 0.923 bits per heavy atom. The van der Waals surface area contributed by atoms with Gasteiger partial charge in [-0.2, -0.15) is 4.40 Å². The van der Waals surface area contributed by atoms with Crippen molar-refractivity contribution in [3.8, 4) is 69.8 Å². The van der Waals surface area contributed by atoms with Crippen molar-refractivity contribution in [3.63, 3.8) is 0 Å². The number of nitrogens with two attached hydrogens (primary N) is 2. The molecule has 814 valence electrons. The van der Waals surface area contributed by atoms with Crippen LogP contribution in [0.15, 0.2) is 82.4 Å². The van der Waals surface area contributed by atoms with E-state index in [1.54, 1.807) is 122 Å². The van der Waals surface area contributed by atoms with E-state index in [2.05, 4.69) is 116 Å². The van der Waals surface area contributed by atoms with Crippen LogP contribution in [0.4, 0.5) is 4.79 Å². The molecule has 0 bridgehead atoms. The topological polar surface area (TPSA) is 427 Å². The molecular weight excluding hydrogens is 1970 g/mol. The van der Waals surface area contributed by atoms with Gasteiger partial charge in [-0.25, -0.2) is 52.0 Å². The summed E-state index contributed by atoms with van der Waals surface area (Å²) >= 11 is 3.33. The third-order valence-electron chi connectivity index (χ3n) is 19.6. The number of ketones is 1. The molecule has 6 atom stereocenters. The second-order valence-electron chi connectivity index (χ2n) is 37.9. The number of aromatic nitrogens is 6. The number of Topliss-reactive ketones (excluding diaryl/α,β-unsaturated/α-hetero) is 1. The van der Waals surface area contributed by atoms with Crippen LogP contribution in [-0.2, 0) is 103 Å². The van der Waals surface area contributed by atoms with Gasteiger partial charge in [-0.1, -0.05) is 69.2 Å². The molecule has 0 aromatic carbocycles. The SMILES string of the molecule is CC(C)(C)[S@@](N)=O.COCCCOc1cc(Br)cnc1OC.COCCCOc1cc(CC(=N[S@@](=O)C(C)(C)C)C(C)C)cnc1OC.COCCCOc1cc(CC(=O)C(C)C)cnc1OC.COCCCOc1cc(C[C@H](N)C(C)C)cnc1OC.COCCCOc1cc(C[C@H](NC(=O)OC(C)(C)C)C(C)C)cnc1OC.COCCCOc1cc(C[C@H](N[S@@](=O)C(C)(C)C)C(C)C)cnc1OC.Cl.